The monoisotopic (exact) mass is 279 g/mol. The van der Waals surface area contributed by atoms with E-state index in [4.69, 9.17) is 0 Å². The minimum absolute atomic E-state index is 0.822. The zero-order chi connectivity index (χ0) is 14.2. The van der Waals surface area contributed by atoms with Gasteiger partial charge in [-0.1, -0.05) is 71.6 Å². The average molecular weight is 280 g/mol. The molecule has 0 aromatic rings. The van der Waals surface area contributed by atoms with Gasteiger partial charge in [-0.25, -0.2) is 0 Å². The van der Waals surface area contributed by atoms with Crippen LogP contribution in [0.1, 0.15) is 90.9 Å². The van der Waals surface area contributed by atoms with Gasteiger partial charge in [-0.05, 0) is 43.6 Å². The molecule has 0 radical (unpaired) electrons. The van der Waals surface area contributed by atoms with Crippen LogP contribution in [-0.2, 0) is 0 Å². The Kier molecular flexibility index (Phi) is 7.41. The summed E-state index contributed by atoms with van der Waals surface area (Å²) < 4.78 is 0. The lowest BCUT2D eigenvalue weighted by Crippen LogP contribution is -2.42. The summed E-state index contributed by atoms with van der Waals surface area (Å²) >= 11 is 0. The van der Waals surface area contributed by atoms with Crippen LogP contribution in [-0.4, -0.2) is 12.6 Å². The topological polar surface area (TPSA) is 12.0 Å². The van der Waals surface area contributed by atoms with Crippen LogP contribution in [0.3, 0.4) is 0 Å². The van der Waals surface area contributed by atoms with Gasteiger partial charge in [0.2, 0.25) is 0 Å². The standard InChI is InChI=1S/C19H37N/c1-3-14-20-19(15-16-10-6-5-7-11-16)18-13-9-8-12-17(18)4-2/h16-20H,3-15H2,1-2H3. The molecule has 0 heterocycles. The predicted molar refractivity (Wildman–Crippen MR) is 89.0 cm³/mol. The molecule has 0 spiro atoms. The van der Waals surface area contributed by atoms with Gasteiger partial charge >= 0.3 is 0 Å². The molecule has 0 saturated heterocycles. The lowest BCUT2D eigenvalue weighted by molar-refractivity contribution is 0.148. The zero-order valence-electron chi connectivity index (χ0n) is 14.0. The van der Waals surface area contributed by atoms with E-state index in [9.17, 15) is 0 Å². The second kappa shape index (κ2) is 9.07. The van der Waals surface area contributed by atoms with Gasteiger partial charge in [-0.15, -0.1) is 0 Å². The van der Waals surface area contributed by atoms with E-state index in [0.717, 1.165) is 23.8 Å². The van der Waals surface area contributed by atoms with Crippen molar-refractivity contribution in [1.29, 1.82) is 0 Å². The molecule has 2 saturated carbocycles. The van der Waals surface area contributed by atoms with Crippen LogP contribution in [0.5, 0.6) is 0 Å². The molecule has 1 N–H and O–H groups in total. The molecule has 1 nitrogen and oxygen atoms in total. The fourth-order valence-electron chi connectivity index (χ4n) is 4.79. The molecule has 0 bridgehead atoms. The molecule has 2 aliphatic rings. The Hall–Kier alpha value is -0.0400. The molecular formula is C19H37N. The van der Waals surface area contributed by atoms with E-state index in [2.05, 4.69) is 19.2 Å². The van der Waals surface area contributed by atoms with E-state index in [1.54, 1.807) is 0 Å². The second-order valence-electron chi connectivity index (χ2n) is 7.42. The molecule has 3 atom stereocenters. The molecule has 2 aliphatic carbocycles. The van der Waals surface area contributed by atoms with Crippen molar-refractivity contribution in [2.24, 2.45) is 17.8 Å². The van der Waals surface area contributed by atoms with Crippen LogP contribution < -0.4 is 5.32 Å². The maximum Gasteiger partial charge on any atom is 0.0101 e. The molecule has 0 aromatic heterocycles. The molecule has 118 valence electrons. The maximum absolute atomic E-state index is 3.95. The smallest absolute Gasteiger partial charge is 0.0101 e. The molecular weight excluding hydrogens is 242 g/mol. The number of rotatable bonds is 7. The van der Waals surface area contributed by atoms with Crippen molar-refractivity contribution in [3.8, 4) is 0 Å². The van der Waals surface area contributed by atoms with Gasteiger partial charge in [0.05, 0.1) is 0 Å². The first-order valence-electron chi connectivity index (χ1n) is 9.58. The Morgan fingerprint density at radius 2 is 1.60 bits per heavy atom. The lowest BCUT2D eigenvalue weighted by atomic mass is 9.71. The molecule has 20 heavy (non-hydrogen) atoms. The fraction of sp³-hybridized carbons (Fsp3) is 1.00. The summed E-state index contributed by atoms with van der Waals surface area (Å²) in [6, 6.07) is 0.822. The van der Waals surface area contributed by atoms with Crippen LogP contribution in [0.4, 0.5) is 0 Å². The summed E-state index contributed by atoms with van der Waals surface area (Å²) in [5.74, 6) is 3.00. The van der Waals surface area contributed by atoms with Gasteiger partial charge in [0.25, 0.3) is 0 Å². The van der Waals surface area contributed by atoms with Crippen molar-refractivity contribution in [1.82, 2.24) is 5.32 Å². The van der Waals surface area contributed by atoms with E-state index in [-0.39, 0.29) is 0 Å². The SMILES string of the molecule is CCCNC(CC1CCCCC1)C1CCCCC1CC. The first-order valence-corrected chi connectivity index (χ1v) is 9.58. The minimum atomic E-state index is 0.822. The van der Waals surface area contributed by atoms with Gasteiger partial charge in [-0.3, -0.25) is 0 Å². The molecule has 1 heteroatoms. The normalized spacial score (nSPS) is 30.3. The highest BCUT2D eigenvalue weighted by atomic mass is 14.9. The molecule has 0 amide bonds. The minimum Gasteiger partial charge on any atom is -0.314 e. The van der Waals surface area contributed by atoms with E-state index in [1.165, 1.54) is 83.6 Å². The molecule has 3 unspecified atom stereocenters. The van der Waals surface area contributed by atoms with E-state index >= 15 is 0 Å². The Balaban J connectivity index is 1.93. The molecule has 0 aliphatic heterocycles. The third-order valence-electron chi connectivity index (χ3n) is 5.98. The highest BCUT2D eigenvalue weighted by Gasteiger charge is 2.32. The van der Waals surface area contributed by atoms with Crippen LogP contribution in [0.15, 0.2) is 0 Å². The number of nitrogens with one attached hydrogen (secondary N) is 1. The summed E-state index contributed by atoms with van der Waals surface area (Å²) in [5, 5.41) is 3.95. The summed E-state index contributed by atoms with van der Waals surface area (Å²) in [6.45, 7) is 5.95. The van der Waals surface area contributed by atoms with Crippen LogP contribution >= 0.6 is 0 Å². The van der Waals surface area contributed by atoms with Crippen molar-refractivity contribution in [3.63, 3.8) is 0 Å². The highest BCUT2D eigenvalue weighted by molar-refractivity contribution is 4.86. The summed E-state index contributed by atoms with van der Waals surface area (Å²) in [7, 11) is 0. The largest absolute Gasteiger partial charge is 0.314 e. The van der Waals surface area contributed by atoms with Gasteiger partial charge in [0, 0.05) is 6.04 Å². The Morgan fingerprint density at radius 1 is 0.900 bits per heavy atom. The molecule has 2 rings (SSSR count). The van der Waals surface area contributed by atoms with Gasteiger partial charge in [0.15, 0.2) is 0 Å². The van der Waals surface area contributed by atoms with Crippen LogP contribution in [0, 0.1) is 17.8 Å². The first-order chi connectivity index (χ1) is 9.85. The van der Waals surface area contributed by atoms with Crippen molar-refractivity contribution >= 4 is 0 Å². The summed E-state index contributed by atoms with van der Waals surface area (Å²) in [6.07, 6.45) is 17.6. The Labute approximate surface area is 127 Å². The lowest BCUT2D eigenvalue weighted by Gasteiger charge is -2.39. The summed E-state index contributed by atoms with van der Waals surface area (Å²) in [4.78, 5) is 0. The third-order valence-corrected chi connectivity index (χ3v) is 5.98. The maximum atomic E-state index is 3.95. The fourth-order valence-corrected chi connectivity index (χ4v) is 4.79. The molecule has 2 fully saturated rings. The predicted octanol–water partition coefficient (Wildman–Crippen LogP) is 5.54. The average Bonchev–Trinajstić information content (AvgIpc) is 2.52. The second-order valence-corrected chi connectivity index (χ2v) is 7.42. The highest BCUT2D eigenvalue weighted by Crippen LogP contribution is 2.38. The molecule has 0 aromatic carbocycles. The van der Waals surface area contributed by atoms with Crippen LogP contribution in [0.25, 0.3) is 0 Å². The van der Waals surface area contributed by atoms with Gasteiger partial charge in [-0.2, -0.15) is 0 Å². The van der Waals surface area contributed by atoms with E-state index in [1.807, 2.05) is 0 Å². The first kappa shape index (κ1) is 16.3. The summed E-state index contributed by atoms with van der Waals surface area (Å²) in [5.41, 5.74) is 0. The van der Waals surface area contributed by atoms with E-state index in [0.29, 0.717) is 0 Å². The van der Waals surface area contributed by atoms with Crippen molar-refractivity contribution in [2.75, 3.05) is 6.54 Å². The quantitative estimate of drug-likeness (QED) is 0.645. The number of hydrogen-bond acceptors (Lipinski definition) is 1. The van der Waals surface area contributed by atoms with Crippen molar-refractivity contribution in [2.45, 2.75) is 96.9 Å². The van der Waals surface area contributed by atoms with Crippen molar-refractivity contribution in [3.05, 3.63) is 0 Å². The van der Waals surface area contributed by atoms with Gasteiger partial charge in [0.1, 0.15) is 0 Å². The Bertz CT molecular complexity index is 244. The van der Waals surface area contributed by atoms with Crippen molar-refractivity contribution < 1.29 is 0 Å². The zero-order valence-corrected chi connectivity index (χ0v) is 14.0. The van der Waals surface area contributed by atoms with Crippen LogP contribution in [0.2, 0.25) is 0 Å². The van der Waals surface area contributed by atoms with Gasteiger partial charge < -0.3 is 5.32 Å². The number of hydrogen-bond donors (Lipinski definition) is 1. The van der Waals surface area contributed by atoms with E-state index < -0.39 is 0 Å². The Morgan fingerprint density at radius 3 is 2.30 bits per heavy atom. The third kappa shape index (κ3) is 4.76.